The van der Waals surface area contributed by atoms with Crippen molar-refractivity contribution in [2.24, 2.45) is 5.92 Å². The number of anilines is 1. The van der Waals surface area contributed by atoms with Crippen molar-refractivity contribution in [3.8, 4) is 0 Å². The first-order chi connectivity index (χ1) is 10.1. The molecule has 0 saturated heterocycles. The normalized spacial score (nSPS) is 11.8. The molecule has 1 aromatic carbocycles. The molecule has 5 heteroatoms. The highest BCUT2D eigenvalue weighted by molar-refractivity contribution is 6.39. The van der Waals surface area contributed by atoms with Gasteiger partial charge in [-0.1, -0.05) is 33.1 Å². The van der Waals surface area contributed by atoms with Gasteiger partial charge in [-0.05, 0) is 36.6 Å². The molecular weight excluding hydrogens is 271 g/mol. The Morgan fingerprint density at radius 2 is 1.81 bits per heavy atom. The van der Waals surface area contributed by atoms with Gasteiger partial charge in [-0.25, -0.2) is 4.39 Å². The number of hydrogen-bond donors (Lipinski definition) is 2. The Balaban J connectivity index is 2.40. The van der Waals surface area contributed by atoms with Crippen molar-refractivity contribution in [1.82, 2.24) is 5.32 Å². The van der Waals surface area contributed by atoms with E-state index in [2.05, 4.69) is 24.5 Å². The Morgan fingerprint density at radius 3 is 2.38 bits per heavy atom. The number of carbonyl (C=O) groups excluding carboxylic acids is 2. The molecule has 0 bridgehead atoms. The van der Waals surface area contributed by atoms with E-state index in [1.54, 1.807) is 0 Å². The van der Waals surface area contributed by atoms with E-state index in [-0.39, 0.29) is 5.82 Å². The van der Waals surface area contributed by atoms with E-state index in [4.69, 9.17) is 0 Å². The van der Waals surface area contributed by atoms with Crippen LogP contribution in [0.3, 0.4) is 0 Å². The molecule has 2 amide bonds. The minimum atomic E-state index is -0.730. The first-order valence-corrected chi connectivity index (χ1v) is 7.41. The highest BCUT2D eigenvalue weighted by atomic mass is 19.1. The molecule has 1 rings (SSSR count). The second-order valence-electron chi connectivity index (χ2n) is 5.09. The first kappa shape index (κ1) is 17.1. The lowest BCUT2D eigenvalue weighted by atomic mass is 9.99. The zero-order chi connectivity index (χ0) is 15.7. The Labute approximate surface area is 125 Å². The van der Waals surface area contributed by atoms with Crippen molar-refractivity contribution in [3.63, 3.8) is 0 Å². The molecule has 0 heterocycles. The third-order valence-electron chi connectivity index (χ3n) is 3.40. The van der Waals surface area contributed by atoms with Crippen LogP contribution in [0, 0.1) is 11.7 Å². The molecule has 0 saturated carbocycles. The van der Waals surface area contributed by atoms with E-state index in [1.165, 1.54) is 24.3 Å². The van der Waals surface area contributed by atoms with Gasteiger partial charge in [-0.3, -0.25) is 9.59 Å². The van der Waals surface area contributed by atoms with Crippen LogP contribution in [0.25, 0.3) is 0 Å². The Morgan fingerprint density at radius 1 is 1.14 bits per heavy atom. The number of rotatable bonds is 7. The third-order valence-corrected chi connectivity index (χ3v) is 3.40. The Bertz CT molecular complexity index is 460. The van der Waals surface area contributed by atoms with E-state index in [1.807, 2.05) is 0 Å². The number of halogens is 1. The number of carbonyl (C=O) groups is 2. The summed E-state index contributed by atoms with van der Waals surface area (Å²) in [5.74, 6) is -1.38. The minimum Gasteiger partial charge on any atom is -0.348 e. The topological polar surface area (TPSA) is 58.2 Å². The summed E-state index contributed by atoms with van der Waals surface area (Å²) in [6, 6.07) is 5.28. The van der Waals surface area contributed by atoms with Crippen LogP contribution in [-0.2, 0) is 9.59 Å². The van der Waals surface area contributed by atoms with Crippen LogP contribution in [0.4, 0.5) is 10.1 Å². The number of unbranched alkanes of at least 4 members (excludes halogenated alkanes) is 1. The standard InChI is InChI=1S/C16H23FN2O2/c1-3-5-6-12(4-2)11-18-15(20)16(21)19-14-9-7-13(17)8-10-14/h7-10,12H,3-6,11H2,1-2H3,(H,18,20)(H,19,21). The van der Waals surface area contributed by atoms with Crippen molar-refractivity contribution < 1.29 is 14.0 Å². The van der Waals surface area contributed by atoms with E-state index in [0.717, 1.165) is 25.7 Å². The van der Waals surface area contributed by atoms with Gasteiger partial charge in [0.1, 0.15) is 5.82 Å². The molecule has 0 aliphatic rings. The lowest BCUT2D eigenvalue weighted by Crippen LogP contribution is -2.38. The molecule has 1 atom stereocenters. The predicted octanol–water partition coefficient (Wildman–Crippen LogP) is 3.10. The molecule has 0 aliphatic carbocycles. The number of nitrogens with one attached hydrogen (secondary N) is 2. The van der Waals surface area contributed by atoms with Gasteiger partial charge in [0.15, 0.2) is 0 Å². The van der Waals surface area contributed by atoms with Crippen molar-refractivity contribution in [1.29, 1.82) is 0 Å². The summed E-state index contributed by atoms with van der Waals surface area (Å²) >= 11 is 0. The first-order valence-electron chi connectivity index (χ1n) is 7.41. The lowest BCUT2D eigenvalue weighted by Gasteiger charge is -2.15. The fourth-order valence-electron chi connectivity index (χ4n) is 1.98. The molecule has 116 valence electrons. The Hall–Kier alpha value is -1.91. The van der Waals surface area contributed by atoms with Crippen molar-refractivity contribution in [3.05, 3.63) is 30.1 Å². The van der Waals surface area contributed by atoms with Gasteiger partial charge >= 0.3 is 11.8 Å². The molecule has 4 nitrogen and oxygen atoms in total. The van der Waals surface area contributed by atoms with Crippen LogP contribution in [0.1, 0.15) is 39.5 Å². The summed E-state index contributed by atoms with van der Waals surface area (Å²) in [4.78, 5) is 23.4. The average molecular weight is 294 g/mol. The van der Waals surface area contributed by atoms with E-state index < -0.39 is 11.8 Å². The Kier molecular flexibility index (Phi) is 7.43. The predicted molar refractivity (Wildman–Crippen MR) is 81.3 cm³/mol. The van der Waals surface area contributed by atoms with Crippen LogP contribution in [-0.4, -0.2) is 18.4 Å². The van der Waals surface area contributed by atoms with Gasteiger partial charge in [0, 0.05) is 12.2 Å². The quantitative estimate of drug-likeness (QED) is 0.759. The number of amides is 2. The summed E-state index contributed by atoms with van der Waals surface area (Å²) in [7, 11) is 0. The van der Waals surface area contributed by atoms with Crippen molar-refractivity contribution >= 4 is 17.5 Å². The molecule has 2 N–H and O–H groups in total. The molecule has 21 heavy (non-hydrogen) atoms. The number of hydrogen-bond acceptors (Lipinski definition) is 2. The van der Waals surface area contributed by atoms with Crippen LogP contribution in [0.15, 0.2) is 24.3 Å². The summed E-state index contributed by atoms with van der Waals surface area (Å²) in [5.41, 5.74) is 0.398. The van der Waals surface area contributed by atoms with E-state index in [0.29, 0.717) is 18.2 Å². The van der Waals surface area contributed by atoms with E-state index in [9.17, 15) is 14.0 Å². The molecule has 0 radical (unpaired) electrons. The van der Waals surface area contributed by atoms with Gasteiger partial charge in [0.05, 0.1) is 0 Å². The van der Waals surface area contributed by atoms with Gasteiger partial charge in [-0.2, -0.15) is 0 Å². The maximum absolute atomic E-state index is 12.7. The molecule has 0 aliphatic heterocycles. The monoisotopic (exact) mass is 294 g/mol. The van der Waals surface area contributed by atoms with Crippen molar-refractivity contribution in [2.75, 3.05) is 11.9 Å². The number of benzene rings is 1. The third kappa shape index (κ3) is 6.38. The fraction of sp³-hybridized carbons (Fsp3) is 0.500. The SMILES string of the molecule is CCCCC(CC)CNC(=O)C(=O)Nc1ccc(F)cc1. The summed E-state index contributed by atoms with van der Waals surface area (Å²) in [5, 5.41) is 5.09. The maximum atomic E-state index is 12.7. The second-order valence-corrected chi connectivity index (χ2v) is 5.09. The highest BCUT2D eigenvalue weighted by Gasteiger charge is 2.15. The van der Waals surface area contributed by atoms with Crippen LogP contribution >= 0.6 is 0 Å². The van der Waals surface area contributed by atoms with Gasteiger partial charge in [0.25, 0.3) is 0 Å². The molecule has 0 aromatic heterocycles. The zero-order valence-corrected chi connectivity index (χ0v) is 12.6. The second kappa shape index (κ2) is 9.10. The van der Waals surface area contributed by atoms with Gasteiger partial charge in [-0.15, -0.1) is 0 Å². The largest absolute Gasteiger partial charge is 0.348 e. The van der Waals surface area contributed by atoms with E-state index >= 15 is 0 Å². The molecule has 1 aromatic rings. The molecule has 0 fully saturated rings. The maximum Gasteiger partial charge on any atom is 0.313 e. The van der Waals surface area contributed by atoms with Crippen LogP contribution in [0.5, 0.6) is 0 Å². The van der Waals surface area contributed by atoms with Gasteiger partial charge < -0.3 is 10.6 Å². The minimum absolute atomic E-state index is 0.390. The van der Waals surface area contributed by atoms with Crippen molar-refractivity contribution in [2.45, 2.75) is 39.5 Å². The van der Waals surface area contributed by atoms with Gasteiger partial charge in [0.2, 0.25) is 0 Å². The van der Waals surface area contributed by atoms with Crippen LogP contribution in [0.2, 0.25) is 0 Å². The smallest absolute Gasteiger partial charge is 0.313 e. The fourth-order valence-corrected chi connectivity index (χ4v) is 1.98. The molecular formula is C16H23FN2O2. The average Bonchev–Trinajstić information content (AvgIpc) is 2.49. The summed E-state index contributed by atoms with van der Waals surface area (Å²) in [6.45, 7) is 4.71. The lowest BCUT2D eigenvalue weighted by molar-refractivity contribution is -0.136. The molecule has 1 unspecified atom stereocenters. The molecule has 0 spiro atoms. The van der Waals surface area contributed by atoms with Crippen LogP contribution < -0.4 is 10.6 Å². The summed E-state index contributed by atoms with van der Waals surface area (Å²) in [6.07, 6.45) is 4.26. The zero-order valence-electron chi connectivity index (χ0n) is 12.6. The summed E-state index contributed by atoms with van der Waals surface area (Å²) < 4.78 is 12.7. The highest BCUT2D eigenvalue weighted by Crippen LogP contribution is 2.11.